The van der Waals surface area contributed by atoms with Crippen molar-refractivity contribution in [2.45, 2.75) is 77.5 Å². The zero-order chi connectivity index (χ0) is 50.9. The lowest BCUT2D eigenvalue weighted by Crippen LogP contribution is -2.64. The van der Waals surface area contributed by atoms with Crippen molar-refractivity contribution in [2.75, 3.05) is 14.7 Å². The molecule has 2 heterocycles. The van der Waals surface area contributed by atoms with Crippen LogP contribution < -0.4 is 29.9 Å². The summed E-state index contributed by atoms with van der Waals surface area (Å²) in [6.07, 6.45) is 5.54. The minimum absolute atomic E-state index is 0.0580. The van der Waals surface area contributed by atoms with Crippen molar-refractivity contribution >= 4 is 78.3 Å². The number of phenolic OH excluding ortho intramolecular Hbond substituents is 4. The van der Waals surface area contributed by atoms with Gasteiger partial charge in [0.05, 0.1) is 33.6 Å². The Kier molecular flexibility index (Phi) is 10.3. The lowest BCUT2D eigenvalue weighted by atomic mass is 9.72. The van der Waals surface area contributed by atoms with E-state index >= 15 is 4.79 Å². The summed E-state index contributed by atoms with van der Waals surface area (Å²) in [5, 5.41) is 60.0. The van der Waals surface area contributed by atoms with Crippen molar-refractivity contribution in [3.8, 4) is 23.0 Å². The van der Waals surface area contributed by atoms with E-state index in [-0.39, 0.29) is 45.7 Å². The summed E-state index contributed by atoms with van der Waals surface area (Å²) in [6, 6.07) is 50.2. The number of phenols is 4. The number of hydrogen-bond acceptors (Lipinski definition) is 9. The van der Waals surface area contributed by atoms with Crippen LogP contribution in [0.5, 0.6) is 23.0 Å². The van der Waals surface area contributed by atoms with Crippen LogP contribution in [0.4, 0.5) is 39.8 Å². The number of carbonyl (C=O) groups excluding carboxylic acids is 1. The minimum atomic E-state index is -0.583. The average molecular weight is 980 g/mol. The van der Waals surface area contributed by atoms with Crippen LogP contribution in [0.2, 0.25) is 0 Å². The van der Waals surface area contributed by atoms with Gasteiger partial charge >= 0.3 is 0 Å². The van der Waals surface area contributed by atoms with E-state index in [2.05, 4.69) is 71.2 Å². The van der Waals surface area contributed by atoms with Gasteiger partial charge in [-0.3, -0.25) is 9.69 Å². The van der Waals surface area contributed by atoms with Crippen molar-refractivity contribution in [1.82, 2.24) is 4.58 Å². The number of anilines is 6. The van der Waals surface area contributed by atoms with Crippen LogP contribution in [0.25, 0.3) is 32.7 Å². The molecule has 8 aromatic rings. The predicted octanol–water partition coefficient (Wildman–Crippen LogP) is 13.1. The molecular weight excluding hydrogens is 921 g/mol. The number of Topliss-reactive ketones (excluding diaryl/α,β-unsaturated/α-hetero) is 1. The highest BCUT2D eigenvalue weighted by Crippen LogP contribution is 2.59. The first-order valence-corrected chi connectivity index (χ1v) is 26.1. The Morgan fingerprint density at radius 2 is 0.919 bits per heavy atom. The molecule has 2 aliphatic heterocycles. The molecule has 3 aliphatic carbocycles. The molecule has 2 spiro atoms. The molecule has 0 radical (unpaired) electrons. The standard InChI is InChI=1S/C64H58N4O6/c1-37-31-38(2)34-63(33-37)65(41-11-19-45(69)20-12-41)53-9-5-7-49-51(27-29-55(57(49)53)67(63)43-15-23-47(71)24-16-43)59-61(73)60(62(59)74)52-28-30-56-58-50(52)8-6-10-54(58)66(42-13-21-46(70)22-14-42)64(35-39(3)32-40(4)36-64)68(56)44-17-25-48(72)26-18-44/h5-30,37-40H,31-36H2,1-4H3,(H4-,69,70,71,72,73,74)/p+1. The first-order chi connectivity index (χ1) is 35.7. The molecule has 0 aromatic heterocycles. The van der Waals surface area contributed by atoms with E-state index < -0.39 is 11.3 Å². The summed E-state index contributed by atoms with van der Waals surface area (Å²) in [6.45, 7) is 9.28. The average Bonchev–Trinajstić information content (AvgIpc) is 3.38. The number of benzene rings is 8. The summed E-state index contributed by atoms with van der Waals surface area (Å²) in [7, 11) is 0. The van der Waals surface area contributed by atoms with Crippen LogP contribution in [0.3, 0.4) is 0 Å². The van der Waals surface area contributed by atoms with Gasteiger partial charge in [-0.25, -0.2) is 0 Å². The predicted molar refractivity (Wildman–Crippen MR) is 295 cm³/mol. The fourth-order valence-electron chi connectivity index (χ4n) is 14.7. The van der Waals surface area contributed by atoms with E-state index in [1.165, 1.54) is 0 Å². The van der Waals surface area contributed by atoms with Crippen LogP contribution in [-0.2, 0) is 4.79 Å². The molecule has 8 aromatic carbocycles. The number of carbonyl (C=O) groups is 1. The highest BCUT2D eigenvalue weighted by atomic mass is 16.3. The number of ketones is 1. The molecule has 2 fully saturated rings. The number of nitrogens with zero attached hydrogens (tertiary/aromatic N) is 4. The van der Waals surface area contributed by atoms with E-state index in [4.69, 9.17) is 0 Å². The van der Waals surface area contributed by atoms with Gasteiger partial charge in [0.2, 0.25) is 22.5 Å². The molecule has 4 atom stereocenters. The number of allylic oxidation sites excluding steroid dienone is 2. The largest absolute Gasteiger partial charge is 0.508 e. The lowest BCUT2D eigenvalue weighted by molar-refractivity contribution is -0.109. The molecule has 13 rings (SSSR count). The maximum atomic E-state index is 15.3. The third kappa shape index (κ3) is 6.69. The second-order valence-electron chi connectivity index (χ2n) is 22.2. The minimum Gasteiger partial charge on any atom is -0.508 e. The summed E-state index contributed by atoms with van der Waals surface area (Å²) in [4.78, 5) is 22.6. The van der Waals surface area contributed by atoms with Crippen LogP contribution in [0.1, 0.15) is 71.8 Å². The Bertz CT molecular complexity index is 3710. The SMILES string of the molecule is CC1CC(C)CC2(C1)N(c1ccc(O)cc1)c1cccc3c(C4=C(O)/C(=c5/ccc6c7c(cccc57)N(c5ccc(O)cc5)C5(CC(C)CC(C)C5)[N+]=6c5ccc(O)cc5)C4=O)ccc(c13)N2c1ccc(O)cc1. The monoisotopic (exact) mass is 979 g/mol. The molecule has 10 nitrogen and oxygen atoms in total. The van der Waals surface area contributed by atoms with Crippen molar-refractivity contribution in [3.05, 3.63) is 180 Å². The van der Waals surface area contributed by atoms with Gasteiger partial charge in [-0.05, 0) is 180 Å². The second kappa shape index (κ2) is 16.6. The number of aliphatic hydroxyl groups is 1. The van der Waals surface area contributed by atoms with Crippen LogP contribution in [0.15, 0.2) is 163 Å². The van der Waals surface area contributed by atoms with Crippen LogP contribution in [0, 0.1) is 23.7 Å². The molecule has 74 heavy (non-hydrogen) atoms. The van der Waals surface area contributed by atoms with Gasteiger partial charge in [0.1, 0.15) is 34.4 Å². The highest BCUT2D eigenvalue weighted by molar-refractivity contribution is 6.53. The number of hydrogen-bond donors (Lipinski definition) is 5. The van der Waals surface area contributed by atoms with Gasteiger partial charge < -0.3 is 35.3 Å². The molecular formula is C64H59N4O6+. The van der Waals surface area contributed by atoms with Crippen molar-refractivity contribution in [2.24, 2.45) is 23.7 Å². The third-order valence-corrected chi connectivity index (χ3v) is 16.8. The van der Waals surface area contributed by atoms with Gasteiger partial charge in [-0.2, -0.15) is 4.58 Å². The smallest absolute Gasteiger partial charge is 0.249 e. The highest BCUT2D eigenvalue weighted by Gasteiger charge is 2.57. The first-order valence-electron chi connectivity index (χ1n) is 26.1. The second-order valence-corrected chi connectivity index (χ2v) is 22.2. The Hall–Kier alpha value is -8.24. The molecule has 0 amide bonds. The van der Waals surface area contributed by atoms with Gasteiger partial charge in [-0.15, -0.1) is 0 Å². The molecule has 370 valence electrons. The lowest BCUT2D eigenvalue weighted by Gasteiger charge is -2.59. The van der Waals surface area contributed by atoms with Crippen LogP contribution in [-0.4, -0.2) is 42.6 Å². The Labute approximate surface area is 429 Å². The van der Waals surface area contributed by atoms with E-state index in [1.54, 1.807) is 48.5 Å². The summed E-state index contributed by atoms with van der Waals surface area (Å²) < 4.78 is 2.43. The van der Waals surface area contributed by atoms with Gasteiger partial charge in [0.15, 0.2) is 0 Å². The van der Waals surface area contributed by atoms with E-state index in [1.807, 2.05) is 84.9 Å². The van der Waals surface area contributed by atoms with E-state index in [9.17, 15) is 25.5 Å². The molecule has 5 aliphatic rings. The van der Waals surface area contributed by atoms with Gasteiger partial charge in [-0.1, -0.05) is 58.0 Å². The molecule has 2 saturated carbocycles. The van der Waals surface area contributed by atoms with Crippen LogP contribution >= 0.6 is 0 Å². The van der Waals surface area contributed by atoms with Crippen molar-refractivity contribution in [3.63, 3.8) is 0 Å². The molecule has 5 N–H and O–H groups in total. The fraction of sp³-hybridized carbons (Fsp3) is 0.250. The quantitative estimate of drug-likeness (QED) is 0.107. The van der Waals surface area contributed by atoms with Crippen molar-refractivity contribution in [1.29, 1.82) is 0 Å². The summed E-state index contributed by atoms with van der Waals surface area (Å²) in [5.74, 6) is 1.92. The number of aliphatic hydroxyl groups excluding tert-OH is 1. The van der Waals surface area contributed by atoms with E-state index in [0.717, 1.165) is 105 Å². The maximum Gasteiger partial charge on any atom is 0.249 e. The molecule has 10 heteroatoms. The number of aromatic hydroxyl groups is 4. The molecule has 0 saturated heterocycles. The normalized spacial score (nSPS) is 25.1. The molecule has 4 unspecified atom stereocenters. The van der Waals surface area contributed by atoms with Gasteiger partial charge in [0.25, 0.3) is 0 Å². The zero-order valence-electron chi connectivity index (χ0n) is 42.0. The Morgan fingerprint density at radius 3 is 1.45 bits per heavy atom. The Balaban J connectivity index is 1.06. The number of rotatable bonds is 5. The van der Waals surface area contributed by atoms with Crippen molar-refractivity contribution < 1.29 is 30.3 Å². The first kappa shape index (κ1) is 45.6. The van der Waals surface area contributed by atoms with Gasteiger partial charge in [0, 0.05) is 53.5 Å². The molecule has 0 bridgehead atoms. The summed E-state index contributed by atoms with van der Waals surface area (Å²) >= 11 is 0. The Morgan fingerprint density at radius 1 is 0.459 bits per heavy atom. The zero-order valence-corrected chi connectivity index (χ0v) is 42.0. The summed E-state index contributed by atoms with van der Waals surface area (Å²) in [5.41, 5.74) is 6.58. The topological polar surface area (TPSA) is 131 Å². The third-order valence-electron chi connectivity index (χ3n) is 16.8. The maximum absolute atomic E-state index is 15.3. The fourth-order valence-corrected chi connectivity index (χ4v) is 14.7. The van der Waals surface area contributed by atoms with E-state index in [0.29, 0.717) is 34.5 Å².